The van der Waals surface area contributed by atoms with Crippen LogP contribution in [-0.2, 0) is 6.42 Å². The standard InChI is InChI=1S/C11H11BrN2O2/c1-2-4-9-13-10(12)7-5-3-6-8(11(15)16)14(7)9/h3,5-6H,2,4H2,1H3,(H,15,16). The van der Waals surface area contributed by atoms with Gasteiger partial charge in [-0.05, 0) is 34.5 Å². The molecule has 0 fully saturated rings. The summed E-state index contributed by atoms with van der Waals surface area (Å²) in [5.74, 6) is -0.157. The summed E-state index contributed by atoms with van der Waals surface area (Å²) >= 11 is 3.35. The topological polar surface area (TPSA) is 54.6 Å². The number of aromatic nitrogens is 2. The van der Waals surface area contributed by atoms with Gasteiger partial charge in [0.05, 0.1) is 5.52 Å². The minimum Gasteiger partial charge on any atom is -0.477 e. The summed E-state index contributed by atoms with van der Waals surface area (Å²) in [5, 5.41) is 9.12. The molecule has 2 heterocycles. The molecule has 0 unspecified atom stereocenters. The quantitative estimate of drug-likeness (QED) is 0.942. The minimum atomic E-state index is -0.937. The average Bonchev–Trinajstić information content (AvgIpc) is 2.57. The molecule has 5 heteroatoms. The number of pyridine rings is 1. The molecule has 0 aliphatic carbocycles. The number of fused-ring (bicyclic) bond motifs is 1. The molecule has 0 radical (unpaired) electrons. The Kier molecular flexibility index (Phi) is 2.96. The normalized spacial score (nSPS) is 10.9. The molecule has 0 saturated carbocycles. The van der Waals surface area contributed by atoms with Gasteiger partial charge in [0.1, 0.15) is 16.1 Å². The predicted octanol–water partition coefficient (Wildman–Crippen LogP) is 2.75. The number of hydrogen-bond acceptors (Lipinski definition) is 2. The van der Waals surface area contributed by atoms with E-state index in [1.807, 2.05) is 13.0 Å². The average molecular weight is 283 g/mol. The summed E-state index contributed by atoms with van der Waals surface area (Å²) in [6, 6.07) is 5.16. The number of hydrogen-bond donors (Lipinski definition) is 1. The summed E-state index contributed by atoms with van der Waals surface area (Å²) in [5.41, 5.74) is 1.04. The number of halogens is 1. The van der Waals surface area contributed by atoms with E-state index >= 15 is 0 Å². The van der Waals surface area contributed by atoms with E-state index in [9.17, 15) is 4.79 Å². The first-order valence-corrected chi connectivity index (χ1v) is 5.83. The second kappa shape index (κ2) is 4.25. The molecule has 1 N–H and O–H groups in total. The molecule has 0 bridgehead atoms. The van der Waals surface area contributed by atoms with Gasteiger partial charge in [-0.3, -0.25) is 4.40 Å². The predicted molar refractivity (Wildman–Crippen MR) is 63.8 cm³/mol. The van der Waals surface area contributed by atoms with Crippen LogP contribution in [-0.4, -0.2) is 20.5 Å². The SMILES string of the molecule is CCCc1nc(Br)c2cccc(C(=O)O)n12. The fraction of sp³-hybridized carbons (Fsp3) is 0.273. The summed E-state index contributed by atoms with van der Waals surface area (Å²) in [6.45, 7) is 2.04. The Balaban J connectivity index is 2.77. The maximum atomic E-state index is 11.1. The van der Waals surface area contributed by atoms with Gasteiger partial charge in [0, 0.05) is 6.42 Å². The van der Waals surface area contributed by atoms with Gasteiger partial charge in [-0.15, -0.1) is 0 Å². The smallest absolute Gasteiger partial charge is 0.352 e. The molecule has 16 heavy (non-hydrogen) atoms. The highest BCUT2D eigenvalue weighted by Gasteiger charge is 2.14. The van der Waals surface area contributed by atoms with Crippen LogP contribution in [0.1, 0.15) is 29.7 Å². The van der Waals surface area contributed by atoms with E-state index in [1.165, 1.54) is 0 Å². The lowest BCUT2D eigenvalue weighted by Crippen LogP contribution is -2.07. The van der Waals surface area contributed by atoms with Crippen LogP contribution in [0.25, 0.3) is 5.52 Å². The van der Waals surface area contributed by atoms with Crippen molar-refractivity contribution in [3.63, 3.8) is 0 Å². The first kappa shape index (κ1) is 11.1. The zero-order valence-corrected chi connectivity index (χ0v) is 10.4. The highest BCUT2D eigenvalue weighted by molar-refractivity contribution is 9.10. The first-order chi connectivity index (χ1) is 7.65. The molecular formula is C11H11BrN2O2. The van der Waals surface area contributed by atoms with Gasteiger partial charge in [-0.2, -0.15) is 0 Å². The zero-order valence-electron chi connectivity index (χ0n) is 8.77. The van der Waals surface area contributed by atoms with Crippen molar-refractivity contribution < 1.29 is 9.90 Å². The zero-order chi connectivity index (χ0) is 11.7. The maximum Gasteiger partial charge on any atom is 0.352 e. The highest BCUT2D eigenvalue weighted by atomic mass is 79.9. The third-order valence-electron chi connectivity index (χ3n) is 2.38. The number of carbonyl (C=O) groups is 1. The Morgan fingerprint density at radius 2 is 2.31 bits per heavy atom. The van der Waals surface area contributed by atoms with Crippen molar-refractivity contribution in [2.24, 2.45) is 0 Å². The fourth-order valence-electron chi connectivity index (χ4n) is 1.73. The van der Waals surface area contributed by atoms with E-state index in [2.05, 4.69) is 20.9 Å². The lowest BCUT2D eigenvalue weighted by atomic mass is 10.3. The number of rotatable bonds is 3. The Morgan fingerprint density at radius 1 is 1.56 bits per heavy atom. The summed E-state index contributed by atoms with van der Waals surface area (Å²) in [4.78, 5) is 15.5. The summed E-state index contributed by atoms with van der Waals surface area (Å²) < 4.78 is 2.38. The summed E-state index contributed by atoms with van der Waals surface area (Å²) in [7, 11) is 0. The van der Waals surface area contributed by atoms with Crippen molar-refractivity contribution in [3.8, 4) is 0 Å². The van der Waals surface area contributed by atoms with Crippen molar-refractivity contribution in [2.45, 2.75) is 19.8 Å². The molecule has 2 aromatic heterocycles. The van der Waals surface area contributed by atoms with Crippen LogP contribution in [0.15, 0.2) is 22.8 Å². The van der Waals surface area contributed by atoms with Crippen LogP contribution in [0.2, 0.25) is 0 Å². The number of carboxylic acid groups (broad SMARTS) is 1. The lowest BCUT2D eigenvalue weighted by molar-refractivity contribution is 0.0688. The molecule has 0 atom stereocenters. The van der Waals surface area contributed by atoms with Crippen molar-refractivity contribution in [3.05, 3.63) is 34.3 Å². The van der Waals surface area contributed by atoms with E-state index in [0.29, 0.717) is 4.60 Å². The van der Waals surface area contributed by atoms with Gasteiger partial charge < -0.3 is 5.11 Å². The van der Waals surface area contributed by atoms with E-state index in [-0.39, 0.29) is 5.69 Å². The third kappa shape index (κ3) is 1.71. The van der Waals surface area contributed by atoms with E-state index in [4.69, 9.17) is 5.11 Å². The number of nitrogens with zero attached hydrogens (tertiary/aromatic N) is 2. The Bertz CT molecular complexity index is 548. The van der Waals surface area contributed by atoms with E-state index in [1.54, 1.807) is 16.5 Å². The first-order valence-electron chi connectivity index (χ1n) is 5.04. The van der Waals surface area contributed by atoms with Crippen LogP contribution in [0.5, 0.6) is 0 Å². The number of imidazole rings is 1. The van der Waals surface area contributed by atoms with Crippen LogP contribution in [0.4, 0.5) is 0 Å². The van der Waals surface area contributed by atoms with Crippen LogP contribution in [0.3, 0.4) is 0 Å². The number of carboxylic acids is 1. The lowest BCUT2D eigenvalue weighted by Gasteiger charge is -2.03. The highest BCUT2D eigenvalue weighted by Crippen LogP contribution is 2.21. The van der Waals surface area contributed by atoms with Crippen molar-refractivity contribution in [1.29, 1.82) is 0 Å². The van der Waals surface area contributed by atoms with Gasteiger partial charge >= 0.3 is 5.97 Å². The molecule has 0 spiro atoms. The molecule has 2 rings (SSSR count). The third-order valence-corrected chi connectivity index (χ3v) is 2.96. The number of aryl methyl sites for hydroxylation is 1. The number of aromatic carboxylic acids is 1. The van der Waals surface area contributed by atoms with Crippen LogP contribution < -0.4 is 0 Å². The molecule has 0 aliphatic rings. The summed E-state index contributed by atoms with van der Waals surface area (Å²) in [6.07, 6.45) is 1.69. The van der Waals surface area contributed by atoms with E-state index < -0.39 is 5.97 Å². The van der Waals surface area contributed by atoms with Crippen molar-refractivity contribution in [2.75, 3.05) is 0 Å². The fourth-order valence-corrected chi connectivity index (χ4v) is 2.24. The van der Waals surface area contributed by atoms with Crippen molar-refractivity contribution in [1.82, 2.24) is 9.38 Å². The van der Waals surface area contributed by atoms with Gasteiger partial charge in [-0.25, -0.2) is 9.78 Å². The van der Waals surface area contributed by atoms with Crippen LogP contribution >= 0.6 is 15.9 Å². The van der Waals surface area contributed by atoms with Crippen LogP contribution in [0, 0.1) is 0 Å². The second-order valence-corrected chi connectivity index (χ2v) is 4.26. The molecular weight excluding hydrogens is 272 g/mol. The van der Waals surface area contributed by atoms with Gasteiger partial charge in [0.15, 0.2) is 0 Å². The van der Waals surface area contributed by atoms with Gasteiger partial charge in [0.25, 0.3) is 0 Å². The monoisotopic (exact) mass is 282 g/mol. The molecule has 0 saturated heterocycles. The molecule has 2 aromatic rings. The van der Waals surface area contributed by atoms with Gasteiger partial charge in [-0.1, -0.05) is 13.0 Å². The molecule has 0 amide bonds. The van der Waals surface area contributed by atoms with Gasteiger partial charge in [0.2, 0.25) is 0 Å². The Morgan fingerprint density at radius 3 is 2.94 bits per heavy atom. The maximum absolute atomic E-state index is 11.1. The minimum absolute atomic E-state index is 0.249. The molecule has 84 valence electrons. The Hall–Kier alpha value is -1.36. The largest absolute Gasteiger partial charge is 0.477 e. The van der Waals surface area contributed by atoms with E-state index in [0.717, 1.165) is 24.2 Å². The second-order valence-electron chi connectivity index (χ2n) is 3.51. The molecule has 0 aromatic carbocycles. The molecule has 4 nitrogen and oxygen atoms in total. The van der Waals surface area contributed by atoms with Crippen molar-refractivity contribution >= 4 is 27.4 Å². The molecule has 0 aliphatic heterocycles. The Labute approximate surface area is 101 Å².